The lowest BCUT2D eigenvalue weighted by Crippen LogP contribution is -2.16. The minimum atomic E-state index is -0.0491. The Morgan fingerprint density at radius 3 is 2.24 bits per heavy atom. The molecule has 3 nitrogen and oxygen atoms in total. The highest BCUT2D eigenvalue weighted by molar-refractivity contribution is 5.88. The van der Waals surface area contributed by atoms with Gasteiger partial charge in [-0.25, -0.2) is 0 Å². The van der Waals surface area contributed by atoms with Crippen LogP contribution in [0.1, 0.15) is 25.8 Å². The zero-order valence-electron chi connectivity index (χ0n) is 12.6. The summed E-state index contributed by atoms with van der Waals surface area (Å²) in [4.78, 5) is 11.0. The van der Waals surface area contributed by atoms with Crippen LogP contribution in [0, 0.1) is 0 Å². The molecule has 2 aromatic carbocycles. The SMILES string of the molecule is CC(=O)Nc1ccc(NC(C)CCc2ccccc2)cc1. The van der Waals surface area contributed by atoms with E-state index in [-0.39, 0.29) is 5.91 Å². The molecule has 1 atom stereocenters. The molecule has 0 aliphatic carbocycles. The van der Waals surface area contributed by atoms with E-state index in [1.807, 2.05) is 30.3 Å². The van der Waals surface area contributed by atoms with Crippen molar-refractivity contribution in [2.45, 2.75) is 32.7 Å². The van der Waals surface area contributed by atoms with Gasteiger partial charge in [-0.2, -0.15) is 0 Å². The third-order valence-corrected chi connectivity index (χ3v) is 3.33. The van der Waals surface area contributed by atoms with Crippen LogP contribution >= 0.6 is 0 Å². The van der Waals surface area contributed by atoms with Crippen LogP contribution < -0.4 is 10.6 Å². The Labute approximate surface area is 126 Å². The molecule has 2 N–H and O–H groups in total. The number of carbonyl (C=O) groups excluding carboxylic acids is 1. The lowest BCUT2D eigenvalue weighted by atomic mass is 10.1. The summed E-state index contributed by atoms with van der Waals surface area (Å²) >= 11 is 0. The molecule has 0 fully saturated rings. The Hall–Kier alpha value is -2.29. The van der Waals surface area contributed by atoms with E-state index in [2.05, 4.69) is 41.8 Å². The van der Waals surface area contributed by atoms with Gasteiger partial charge in [0.2, 0.25) is 5.91 Å². The van der Waals surface area contributed by atoms with E-state index >= 15 is 0 Å². The standard InChI is InChI=1S/C18H22N2O/c1-14(8-9-16-6-4-3-5-7-16)19-17-10-12-18(13-11-17)20-15(2)21/h3-7,10-14,19H,8-9H2,1-2H3,(H,20,21). The third kappa shape index (κ3) is 5.30. The normalized spacial score (nSPS) is 11.7. The first kappa shape index (κ1) is 15.1. The first-order chi connectivity index (χ1) is 10.1. The number of rotatable bonds is 6. The fraction of sp³-hybridized carbons (Fsp3) is 0.278. The minimum Gasteiger partial charge on any atom is -0.383 e. The lowest BCUT2D eigenvalue weighted by Gasteiger charge is -2.15. The van der Waals surface area contributed by atoms with E-state index in [0.29, 0.717) is 6.04 Å². The molecule has 0 aliphatic heterocycles. The summed E-state index contributed by atoms with van der Waals surface area (Å²) in [5, 5.41) is 6.25. The molecule has 0 heterocycles. The summed E-state index contributed by atoms with van der Waals surface area (Å²) in [5.41, 5.74) is 3.27. The Bertz CT molecular complexity index is 564. The minimum absolute atomic E-state index is 0.0491. The summed E-state index contributed by atoms with van der Waals surface area (Å²) in [6.45, 7) is 3.70. The van der Waals surface area contributed by atoms with Crippen LogP contribution in [0.2, 0.25) is 0 Å². The molecule has 2 rings (SSSR count). The van der Waals surface area contributed by atoms with Crippen LogP contribution in [0.15, 0.2) is 54.6 Å². The van der Waals surface area contributed by atoms with E-state index in [1.54, 1.807) is 0 Å². The second-order valence-corrected chi connectivity index (χ2v) is 5.33. The Morgan fingerprint density at radius 2 is 1.62 bits per heavy atom. The number of nitrogens with one attached hydrogen (secondary N) is 2. The highest BCUT2D eigenvalue weighted by atomic mass is 16.1. The molecule has 1 unspecified atom stereocenters. The molecule has 0 saturated carbocycles. The van der Waals surface area contributed by atoms with Gasteiger partial charge in [0, 0.05) is 24.3 Å². The van der Waals surface area contributed by atoms with Crippen molar-refractivity contribution in [1.82, 2.24) is 0 Å². The van der Waals surface area contributed by atoms with E-state index in [1.165, 1.54) is 12.5 Å². The zero-order valence-corrected chi connectivity index (χ0v) is 12.6. The van der Waals surface area contributed by atoms with Crippen molar-refractivity contribution >= 4 is 17.3 Å². The maximum absolute atomic E-state index is 11.0. The topological polar surface area (TPSA) is 41.1 Å². The number of anilines is 2. The maximum atomic E-state index is 11.0. The fourth-order valence-electron chi connectivity index (χ4n) is 2.24. The average molecular weight is 282 g/mol. The molecule has 0 aromatic heterocycles. The summed E-state index contributed by atoms with van der Waals surface area (Å²) in [5.74, 6) is -0.0491. The predicted octanol–water partition coefficient (Wildman–Crippen LogP) is 4.08. The van der Waals surface area contributed by atoms with Gasteiger partial charge in [-0.15, -0.1) is 0 Å². The molecule has 0 radical (unpaired) electrons. The molecule has 0 spiro atoms. The van der Waals surface area contributed by atoms with Gasteiger partial charge in [-0.05, 0) is 49.6 Å². The first-order valence-electron chi connectivity index (χ1n) is 7.31. The number of hydrogen-bond acceptors (Lipinski definition) is 2. The highest BCUT2D eigenvalue weighted by Gasteiger charge is 2.03. The van der Waals surface area contributed by atoms with Crippen LogP contribution in [0.4, 0.5) is 11.4 Å². The Balaban J connectivity index is 1.82. The van der Waals surface area contributed by atoms with Gasteiger partial charge in [0.1, 0.15) is 0 Å². The number of benzene rings is 2. The van der Waals surface area contributed by atoms with Crippen molar-refractivity contribution in [2.75, 3.05) is 10.6 Å². The van der Waals surface area contributed by atoms with Crippen molar-refractivity contribution < 1.29 is 4.79 Å². The van der Waals surface area contributed by atoms with Gasteiger partial charge in [-0.1, -0.05) is 30.3 Å². The van der Waals surface area contributed by atoms with Gasteiger partial charge < -0.3 is 10.6 Å². The molecule has 21 heavy (non-hydrogen) atoms. The molecule has 110 valence electrons. The molecular weight excluding hydrogens is 260 g/mol. The molecule has 0 saturated heterocycles. The van der Waals surface area contributed by atoms with E-state index in [4.69, 9.17) is 0 Å². The molecule has 1 amide bonds. The zero-order chi connectivity index (χ0) is 15.1. The van der Waals surface area contributed by atoms with Gasteiger partial charge in [-0.3, -0.25) is 4.79 Å². The second kappa shape index (κ2) is 7.48. The molecule has 0 bridgehead atoms. The average Bonchev–Trinajstić information content (AvgIpc) is 2.48. The number of hydrogen-bond donors (Lipinski definition) is 2. The summed E-state index contributed by atoms with van der Waals surface area (Å²) in [7, 11) is 0. The molecule has 0 aliphatic rings. The highest BCUT2D eigenvalue weighted by Crippen LogP contribution is 2.16. The monoisotopic (exact) mass is 282 g/mol. The first-order valence-corrected chi connectivity index (χ1v) is 7.31. The number of carbonyl (C=O) groups is 1. The Kier molecular flexibility index (Phi) is 5.38. The van der Waals surface area contributed by atoms with Crippen molar-refractivity contribution in [3.8, 4) is 0 Å². The van der Waals surface area contributed by atoms with Crippen LogP contribution in [0.25, 0.3) is 0 Å². The molecule has 3 heteroatoms. The van der Waals surface area contributed by atoms with E-state index < -0.39 is 0 Å². The number of amides is 1. The summed E-state index contributed by atoms with van der Waals surface area (Å²) < 4.78 is 0. The summed E-state index contributed by atoms with van der Waals surface area (Å²) in [6, 6.07) is 18.7. The van der Waals surface area contributed by atoms with Crippen molar-refractivity contribution in [3.63, 3.8) is 0 Å². The van der Waals surface area contributed by atoms with Crippen molar-refractivity contribution in [1.29, 1.82) is 0 Å². The lowest BCUT2D eigenvalue weighted by molar-refractivity contribution is -0.114. The summed E-state index contributed by atoms with van der Waals surface area (Å²) in [6.07, 6.45) is 2.15. The third-order valence-electron chi connectivity index (χ3n) is 3.33. The molecular formula is C18H22N2O. The van der Waals surface area contributed by atoms with E-state index in [9.17, 15) is 4.79 Å². The van der Waals surface area contributed by atoms with Crippen LogP contribution in [0.5, 0.6) is 0 Å². The molecule has 2 aromatic rings. The quantitative estimate of drug-likeness (QED) is 0.838. The van der Waals surface area contributed by atoms with Crippen LogP contribution in [-0.4, -0.2) is 11.9 Å². The van der Waals surface area contributed by atoms with Gasteiger partial charge in [0.25, 0.3) is 0 Å². The smallest absolute Gasteiger partial charge is 0.221 e. The van der Waals surface area contributed by atoms with Crippen LogP contribution in [-0.2, 0) is 11.2 Å². The van der Waals surface area contributed by atoms with Gasteiger partial charge in [0.05, 0.1) is 0 Å². The van der Waals surface area contributed by atoms with Crippen molar-refractivity contribution in [2.24, 2.45) is 0 Å². The largest absolute Gasteiger partial charge is 0.383 e. The van der Waals surface area contributed by atoms with Crippen molar-refractivity contribution in [3.05, 3.63) is 60.2 Å². The maximum Gasteiger partial charge on any atom is 0.221 e. The second-order valence-electron chi connectivity index (χ2n) is 5.33. The Morgan fingerprint density at radius 1 is 1.00 bits per heavy atom. The van der Waals surface area contributed by atoms with Gasteiger partial charge >= 0.3 is 0 Å². The van der Waals surface area contributed by atoms with Gasteiger partial charge in [0.15, 0.2) is 0 Å². The predicted molar refractivity (Wildman–Crippen MR) is 88.6 cm³/mol. The van der Waals surface area contributed by atoms with E-state index in [0.717, 1.165) is 24.2 Å². The fourth-order valence-corrected chi connectivity index (χ4v) is 2.24. The number of aryl methyl sites for hydroxylation is 1. The van der Waals surface area contributed by atoms with Crippen LogP contribution in [0.3, 0.4) is 0 Å².